The van der Waals surface area contributed by atoms with E-state index >= 15 is 0 Å². The highest BCUT2D eigenvalue weighted by Gasteiger charge is 2.14. The molecule has 2 aromatic rings. The zero-order valence-corrected chi connectivity index (χ0v) is 13.6. The molecular formula is C16H20N2O2S. The van der Waals surface area contributed by atoms with Crippen LogP contribution in [0.3, 0.4) is 0 Å². The van der Waals surface area contributed by atoms with E-state index in [0.717, 1.165) is 27.7 Å². The normalized spacial score (nSPS) is 10.9. The maximum absolute atomic E-state index is 12.2. The fourth-order valence-electron chi connectivity index (χ4n) is 1.98. The van der Waals surface area contributed by atoms with Crippen LogP contribution in [0.4, 0.5) is 0 Å². The summed E-state index contributed by atoms with van der Waals surface area (Å²) < 4.78 is 5.17. The number of hydrogen-bond donors (Lipinski definition) is 1. The molecule has 112 valence electrons. The largest absolute Gasteiger partial charge is 0.361 e. The predicted octanol–water partition coefficient (Wildman–Crippen LogP) is 3.72. The fourth-order valence-corrected chi connectivity index (χ4v) is 3.18. The molecule has 1 heterocycles. The molecule has 0 aliphatic carbocycles. The van der Waals surface area contributed by atoms with Gasteiger partial charge in [-0.1, -0.05) is 17.3 Å². The molecule has 0 atom stereocenters. The molecule has 1 amide bonds. The van der Waals surface area contributed by atoms with E-state index in [4.69, 9.17) is 4.52 Å². The molecular weight excluding hydrogens is 284 g/mol. The monoisotopic (exact) mass is 304 g/mol. The van der Waals surface area contributed by atoms with Gasteiger partial charge in [-0.15, -0.1) is 11.8 Å². The number of nitrogens with zero attached hydrogens (tertiary/aromatic N) is 1. The molecule has 1 aromatic carbocycles. The maximum Gasteiger partial charge on any atom is 0.252 e. The van der Waals surface area contributed by atoms with Crippen LogP contribution in [0.25, 0.3) is 0 Å². The van der Waals surface area contributed by atoms with Gasteiger partial charge in [0, 0.05) is 22.3 Å². The van der Waals surface area contributed by atoms with Gasteiger partial charge in [0.15, 0.2) is 0 Å². The van der Waals surface area contributed by atoms with Gasteiger partial charge >= 0.3 is 0 Å². The second-order valence-electron chi connectivity index (χ2n) is 5.22. The molecule has 0 radical (unpaired) electrons. The first-order valence-electron chi connectivity index (χ1n) is 6.93. The Balaban J connectivity index is 2.15. The molecule has 0 saturated heterocycles. The smallest absolute Gasteiger partial charge is 0.252 e. The summed E-state index contributed by atoms with van der Waals surface area (Å²) >= 11 is 1.63. The Hall–Kier alpha value is -1.75. The maximum atomic E-state index is 12.2. The van der Waals surface area contributed by atoms with Gasteiger partial charge in [0.25, 0.3) is 5.91 Å². The predicted molar refractivity (Wildman–Crippen MR) is 84.6 cm³/mol. The SMILES string of the molecule is Cc1noc(C)c1CSc1ccccc1C(=O)NC(C)C. The summed E-state index contributed by atoms with van der Waals surface area (Å²) in [5.41, 5.74) is 2.71. The molecule has 0 saturated carbocycles. The van der Waals surface area contributed by atoms with Crippen molar-refractivity contribution in [2.75, 3.05) is 0 Å². The molecule has 0 aliphatic heterocycles. The van der Waals surface area contributed by atoms with Crippen molar-refractivity contribution in [2.45, 2.75) is 44.4 Å². The third-order valence-corrected chi connectivity index (χ3v) is 4.20. The van der Waals surface area contributed by atoms with Gasteiger partial charge in [-0.2, -0.15) is 0 Å². The average Bonchev–Trinajstić information content (AvgIpc) is 2.75. The van der Waals surface area contributed by atoms with Crippen molar-refractivity contribution in [1.29, 1.82) is 0 Å². The average molecular weight is 304 g/mol. The summed E-state index contributed by atoms with van der Waals surface area (Å²) in [6.07, 6.45) is 0. The number of carbonyl (C=O) groups is 1. The van der Waals surface area contributed by atoms with Gasteiger partial charge in [-0.05, 0) is 39.8 Å². The summed E-state index contributed by atoms with van der Waals surface area (Å²) in [4.78, 5) is 13.2. The Morgan fingerprint density at radius 3 is 2.67 bits per heavy atom. The molecule has 0 aliphatic rings. The van der Waals surface area contributed by atoms with Crippen LogP contribution in [0.15, 0.2) is 33.7 Å². The zero-order chi connectivity index (χ0) is 15.4. The molecule has 0 bridgehead atoms. The van der Waals surface area contributed by atoms with Crippen molar-refractivity contribution in [1.82, 2.24) is 10.5 Å². The molecule has 21 heavy (non-hydrogen) atoms. The minimum absolute atomic E-state index is 0.0353. The summed E-state index contributed by atoms with van der Waals surface area (Å²) in [6.45, 7) is 7.76. The van der Waals surface area contributed by atoms with Crippen molar-refractivity contribution < 1.29 is 9.32 Å². The second-order valence-corrected chi connectivity index (χ2v) is 6.23. The molecule has 0 spiro atoms. The van der Waals surface area contributed by atoms with Crippen molar-refractivity contribution in [2.24, 2.45) is 0 Å². The van der Waals surface area contributed by atoms with Gasteiger partial charge in [0.05, 0.1) is 11.3 Å². The Kier molecular flexibility index (Phi) is 5.07. The highest BCUT2D eigenvalue weighted by Crippen LogP contribution is 2.28. The summed E-state index contributed by atoms with van der Waals surface area (Å²) in [7, 11) is 0. The van der Waals surface area contributed by atoms with E-state index in [1.165, 1.54) is 0 Å². The van der Waals surface area contributed by atoms with Crippen LogP contribution in [-0.4, -0.2) is 17.1 Å². The van der Waals surface area contributed by atoms with E-state index < -0.39 is 0 Å². The van der Waals surface area contributed by atoms with E-state index in [9.17, 15) is 4.79 Å². The summed E-state index contributed by atoms with van der Waals surface area (Å²) in [6, 6.07) is 7.78. The lowest BCUT2D eigenvalue weighted by molar-refractivity contribution is 0.0940. The first-order chi connectivity index (χ1) is 9.99. The second kappa shape index (κ2) is 6.80. The number of amides is 1. The molecule has 0 fully saturated rings. The topological polar surface area (TPSA) is 55.1 Å². The van der Waals surface area contributed by atoms with Gasteiger partial charge in [0.2, 0.25) is 0 Å². The zero-order valence-electron chi connectivity index (χ0n) is 12.8. The number of benzene rings is 1. The van der Waals surface area contributed by atoms with E-state index in [0.29, 0.717) is 5.56 Å². The van der Waals surface area contributed by atoms with Gasteiger partial charge in [-0.25, -0.2) is 0 Å². The fraction of sp³-hybridized carbons (Fsp3) is 0.375. The molecule has 0 unspecified atom stereocenters. The minimum Gasteiger partial charge on any atom is -0.361 e. The minimum atomic E-state index is -0.0353. The highest BCUT2D eigenvalue weighted by molar-refractivity contribution is 7.98. The van der Waals surface area contributed by atoms with Crippen LogP contribution >= 0.6 is 11.8 Å². The van der Waals surface area contributed by atoms with Crippen molar-refractivity contribution in [3.63, 3.8) is 0 Å². The van der Waals surface area contributed by atoms with E-state index in [1.54, 1.807) is 11.8 Å². The first-order valence-corrected chi connectivity index (χ1v) is 7.92. The lowest BCUT2D eigenvalue weighted by atomic mass is 10.2. The molecule has 1 N–H and O–H groups in total. The molecule has 1 aromatic heterocycles. The van der Waals surface area contributed by atoms with Gasteiger partial charge < -0.3 is 9.84 Å². The van der Waals surface area contributed by atoms with Crippen LogP contribution in [-0.2, 0) is 5.75 Å². The molecule has 5 heteroatoms. The number of carbonyl (C=O) groups excluding carboxylic acids is 1. The number of thioether (sulfide) groups is 1. The Morgan fingerprint density at radius 1 is 1.33 bits per heavy atom. The molecule has 2 rings (SSSR count). The lowest BCUT2D eigenvalue weighted by Crippen LogP contribution is -2.30. The van der Waals surface area contributed by atoms with E-state index in [-0.39, 0.29) is 11.9 Å². The summed E-state index contributed by atoms with van der Waals surface area (Å²) in [5, 5.41) is 6.89. The van der Waals surface area contributed by atoms with E-state index in [2.05, 4.69) is 10.5 Å². The third kappa shape index (κ3) is 3.88. The van der Waals surface area contributed by atoms with Crippen LogP contribution in [0, 0.1) is 13.8 Å². The molecule has 4 nitrogen and oxygen atoms in total. The number of aryl methyl sites for hydroxylation is 2. The standard InChI is InChI=1S/C16H20N2O2S/c1-10(2)17-16(19)13-7-5-6-8-15(13)21-9-14-11(3)18-20-12(14)4/h5-8,10H,9H2,1-4H3,(H,17,19). The number of aromatic nitrogens is 1. The van der Waals surface area contributed by atoms with Crippen molar-refractivity contribution in [3.8, 4) is 0 Å². The lowest BCUT2D eigenvalue weighted by Gasteiger charge is -2.11. The van der Waals surface area contributed by atoms with Gasteiger partial charge in [0.1, 0.15) is 5.76 Å². The van der Waals surface area contributed by atoms with Gasteiger partial charge in [-0.3, -0.25) is 4.79 Å². The summed E-state index contributed by atoms with van der Waals surface area (Å²) in [5.74, 6) is 1.55. The highest BCUT2D eigenvalue weighted by atomic mass is 32.2. The van der Waals surface area contributed by atoms with Crippen LogP contribution < -0.4 is 5.32 Å². The van der Waals surface area contributed by atoms with E-state index in [1.807, 2.05) is 52.0 Å². The number of rotatable bonds is 5. The first kappa shape index (κ1) is 15.6. The Morgan fingerprint density at radius 2 is 2.05 bits per heavy atom. The number of nitrogens with one attached hydrogen (secondary N) is 1. The van der Waals surface area contributed by atoms with Crippen LogP contribution in [0.2, 0.25) is 0 Å². The number of hydrogen-bond acceptors (Lipinski definition) is 4. The van der Waals surface area contributed by atoms with Crippen LogP contribution in [0.5, 0.6) is 0 Å². The third-order valence-electron chi connectivity index (χ3n) is 3.10. The van der Waals surface area contributed by atoms with Crippen molar-refractivity contribution in [3.05, 3.63) is 46.8 Å². The Bertz CT molecular complexity index is 615. The quantitative estimate of drug-likeness (QED) is 0.855. The van der Waals surface area contributed by atoms with Crippen LogP contribution in [0.1, 0.15) is 41.2 Å². The van der Waals surface area contributed by atoms with Crippen molar-refractivity contribution >= 4 is 17.7 Å². The Labute approximate surface area is 129 Å².